The Morgan fingerprint density at radius 3 is 2.71 bits per heavy atom. The Morgan fingerprint density at radius 1 is 1.35 bits per heavy atom. The van der Waals surface area contributed by atoms with Gasteiger partial charge < -0.3 is 11.1 Å². The number of amides is 1. The molecular formula is C11H13N5O. The first-order valence-corrected chi connectivity index (χ1v) is 5.19. The van der Waals surface area contributed by atoms with Gasteiger partial charge in [-0.2, -0.15) is 5.10 Å². The van der Waals surface area contributed by atoms with E-state index < -0.39 is 0 Å². The molecule has 6 heteroatoms. The van der Waals surface area contributed by atoms with E-state index in [4.69, 9.17) is 5.73 Å². The van der Waals surface area contributed by atoms with E-state index in [1.807, 2.05) is 24.3 Å². The highest BCUT2D eigenvalue weighted by atomic mass is 16.2. The van der Waals surface area contributed by atoms with Gasteiger partial charge in [0.2, 0.25) is 5.91 Å². The summed E-state index contributed by atoms with van der Waals surface area (Å²) < 4.78 is 1.46. The first kappa shape index (κ1) is 11.3. The van der Waals surface area contributed by atoms with Gasteiger partial charge in [0.25, 0.3) is 0 Å². The van der Waals surface area contributed by atoms with Gasteiger partial charge in [0.05, 0.1) is 0 Å². The Bertz CT molecular complexity index is 477. The van der Waals surface area contributed by atoms with Crippen molar-refractivity contribution in [2.45, 2.75) is 13.1 Å². The summed E-state index contributed by atoms with van der Waals surface area (Å²) in [5.41, 5.74) is 7.26. The minimum absolute atomic E-state index is 0.143. The number of anilines is 1. The number of carbonyl (C=O) groups is 1. The molecule has 2 rings (SSSR count). The molecule has 0 unspecified atom stereocenters. The summed E-state index contributed by atoms with van der Waals surface area (Å²) in [5.74, 6) is -0.143. The minimum atomic E-state index is -0.143. The molecule has 88 valence electrons. The molecule has 1 aromatic heterocycles. The second kappa shape index (κ2) is 5.22. The Morgan fingerprint density at radius 2 is 2.12 bits per heavy atom. The van der Waals surface area contributed by atoms with Crippen LogP contribution in [0.1, 0.15) is 5.56 Å². The van der Waals surface area contributed by atoms with Gasteiger partial charge in [-0.25, -0.2) is 9.67 Å². The van der Waals surface area contributed by atoms with Gasteiger partial charge in [-0.3, -0.25) is 4.79 Å². The molecule has 1 aromatic carbocycles. The second-order valence-electron chi connectivity index (χ2n) is 3.54. The van der Waals surface area contributed by atoms with Gasteiger partial charge in [-0.05, 0) is 17.7 Å². The zero-order chi connectivity index (χ0) is 12.1. The van der Waals surface area contributed by atoms with Gasteiger partial charge in [-0.15, -0.1) is 0 Å². The van der Waals surface area contributed by atoms with E-state index in [9.17, 15) is 4.79 Å². The highest BCUT2D eigenvalue weighted by molar-refractivity contribution is 5.90. The number of nitrogens with one attached hydrogen (secondary N) is 1. The van der Waals surface area contributed by atoms with E-state index in [0.717, 1.165) is 11.3 Å². The van der Waals surface area contributed by atoms with Crippen LogP contribution < -0.4 is 11.1 Å². The van der Waals surface area contributed by atoms with Crippen molar-refractivity contribution in [2.24, 2.45) is 5.73 Å². The summed E-state index contributed by atoms with van der Waals surface area (Å²) in [6, 6.07) is 7.40. The molecule has 0 radical (unpaired) electrons. The second-order valence-corrected chi connectivity index (χ2v) is 3.54. The van der Waals surface area contributed by atoms with Crippen molar-refractivity contribution in [3.05, 3.63) is 42.5 Å². The summed E-state index contributed by atoms with van der Waals surface area (Å²) in [7, 11) is 0. The average Bonchev–Trinajstić information content (AvgIpc) is 2.82. The van der Waals surface area contributed by atoms with E-state index in [-0.39, 0.29) is 12.5 Å². The molecule has 1 amide bonds. The number of rotatable bonds is 4. The Balaban J connectivity index is 1.93. The van der Waals surface area contributed by atoms with E-state index in [1.54, 1.807) is 0 Å². The quantitative estimate of drug-likeness (QED) is 0.796. The monoisotopic (exact) mass is 231 g/mol. The summed E-state index contributed by atoms with van der Waals surface area (Å²) in [4.78, 5) is 15.4. The lowest BCUT2D eigenvalue weighted by atomic mass is 10.2. The van der Waals surface area contributed by atoms with E-state index >= 15 is 0 Å². The fraction of sp³-hybridized carbons (Fsp3) is 0.182. The number of nitrogens with zero attached hydrogens (tertiary/aromatic N) is 3. The highest BCUT2D eigenvalue weighted by Gasteiger charge is 2.03. The van der Waals surface area contributed by atoms with Crippen molar-refractivity contribution in [3.63, 3.8) is 0 Å². The molecule has 1 heterocycles. The summed E-state index contributed by atoms with van der Waals surface area (Å²) in [6.07, 6.45) is 2.89. The molecule has 0 aliphatic carbocycles. The lowest BCUT2D eigenvalue weighted by Crippen LogP contribution is -2.19. The smallest absolute Gasteiger partial charge is 0.246 e. The molecule has 0 aliphatic heterocycles. The lowest BCUT2D eigenvalue weighted by Gasteiger charge is -2.05. The summed E-state index contributed by atoms with van der Waals surface area (Å²) in [5, 5.41) is 6.62. The maximum absolute atomic E-state index is 11.6. The van der Waals surface area contributed by atoms with Crippen molar-refractivity contribution >= 4 is 11.6 Å². The molecule has 0 saturated carbocycles. The van der Waals surface area contributed by atoms with Crippen molar-refractivity contribution in [2.75, 3.05) is 5.32 Å². The van der Waals surface area contributed by atoms with Gasteiger partial charge in [0, 0.05) is 12.2 Å². The zero-order valence-electron chi connectivity index (χ0n) is 9.21. The fourth-order valence-electron chi connectivity index (χ4n) is 1.39. The first-order chi connectivity index (χ1) is 8.28. The van der Waals surface area contributed by atoms with Crippen LogP contribution in [-0.2, 0) is 17.9 Å². The largest absolute Gasteiger partial charge is 0.326 e. The topological polar surface area (TPSA) is 85.8 Å². The maximum Gasteiger partial charge on any atom is 0.246 e. The fourth-order valence-corrected chi connectivity index (χ4v) is 1.39. The molecule has 0 atom stereocenters. The Labute approximate surface area is 98.5 Å². The van der Waals surface area contributed by atoms with Crippen molar-refractivity contribution in [1.82, 2.24) is 14.8 Å². The van der Waals surface area contributed by atoms with Crippen LogP contribution in [0.4, 0.5) is 5.69 Å². The number of nitrogens with two attached hydrogens (primary N) is 1. The first-order valence-electron chi connectivity index (χ1n) is 5.19. The normalized spacial score (nSPS) is 10.2. The number of benzene rings is 1. The van der Waals surface area contributed by atoms with Gasteiger partial charge in [0.1, 0.15) is 19.2 Å². The van der Waals surface area contributed by atoms with Crippen molar-refractivity contribution < 1.29 is 4.79 Å². The predicted octanol–water partition coefficient (Wildman–Crippen LogP) is 0.375. The SMILES string of the molecule is NCc1ccc(NC(=O)Cn2cncn2)cc1. The van der Waals surface area contributed by atoms with E-state index in [2.05, 4.69) is 15.4 Å². The molecule has 17 heavy (non-hydrogen) atoms. The maximum atomic E-state index is 11.6. The van der Waals surface area contributed by atoms with Crippen LogP contribution in [0.2, 0.25) is 0 Å². The average molecular weight is 231 g/mol. The molecule has 0 spiro atoms. The van der Waals surface area contributed by atoms with E-state index in [0.29, 0.717) is 6.54 Å². The molecule has 3 N–H and O–H groups in total. The number of hydrogen-bond donors (Lipinski definition) is 2. The van der Waals surface area contributed by atoms with Crippen LogP contribution in [0.15, 0.2) is 36.9 Å². The van der Waals surface area contributed by atoms with Gasteiger partial charge >= 0.3 is 0 Å². The predicted molar refractivity (Wildman–Crippen MR) is 63.0 cm³/mol. The lowest BCUT2D eigenvalue weighted by molar-refractivity contribution is -0.116. The molecule has 6 nitrogen and oxygen atoms in total. The minimum Gasteiger partial charge on any atom is -0.326 e. The molecule has 0 aliphatic rings. The van der Waals surface area contributed by atoms with Crippen LogP contribution in [-0.4, -0.2) is 20.7 Å². The summed E-state index contributed by atoms with van der Waals surface area (Å²) in [6.45, 7) is 0.645. The zero-order valence-corrected chi connectivity index (χ0v) is 9.21. The van der Waals surface area contributed by atoms with E-state index in [1.165, 1.54) is 17.3 Å². The van der Waals surface area contributed by atoms with Crippen LogP contribution in [0.3, 0.4) is 0 Å². The third kappa shape index (κ3) is 3.12. The Hall–Kier alpha value is -2.21. The van der Waals surface area contributed by atoms with Crippen molar-refractivity contribution in [3.8, 4) is 0 Å². The van der Waals surface area contributed by atoms with Gasteiger partial charge in [0.15, 0.2) is 0 Å². The van der Waals surface area contributed by atoms with Crippen LogP contribution >= 0.6 is 0 Å². The highest BCUT2D eigenvalue weighted by Crippen LogP contribution is 2.08. The molecule has 2 aromatic rings. The number of hydrogen-bond acceptors (Lipinski definition) is 4. The van der Waals surface area contributed by atoms with Crippen LogP contribution in [0.5, 0.6) is 0 Å². The third-order valence-corrected chi connectivity index (χ3v) is 2.25. The number of aromatic nitrogens is 3. The van der Waals surface area contributed by atoms with Crippen molar-refractivity contribution in [1.29, 1.82) is 0 Å². The molecular weight excluding hydrogens is 218 g/mol. The third-order valence-electron chi connectivity index (χ3n) is 2.25. The Kier molecular flexibility index (Phi) is 3.46. The molecule has 0 fully saturated rings. The molecule has 0 saturated heterocycles. The standard InChI is InChI=1S/C11H13N5O/c12-5-9-1-3-10(4-2-9)15-11(17)6-16-8-13-7-14-16/h1-4,7-8H,5-6,12H2,(H,15,17). The number of carbonyl (C=O) groups excluding carboxylic acids is 1. The van der Waals surface area contributed by atoms with Crippen LogP contribution in [0, 0.1) is 0 Å². The summed E-state index contributed by atoms with van der Waals surface area (Å²) >= 11 is 0. The van der Waals surface area contributed by atoms with Gasteiger partial charge in [-0.1, -0.05) is 12.1 Å². The van der Waals surface area contributed by atoms with Crippen LogP contribution in [0.25, 0.3) is 0 Å². The molecule has 0 bridgehead atoms.